The summed E-state index contributed by atoms with van der Waals surface area (Å²) in [6.45, 7) is 0. The van der Waals surface area contributed by atoms with Gasteiger partial charge in [-0.2, -0.15) is 0 Å². The normalized spacial score (nSPS) is 10.3. The molecule has 2 rings (SSSR count). The molecule has 0 aliphatic carbocycles. The molecular formula is C14H9BrF3NO2. The fourth-order valence-electron chi connectivity index (χ4n) is 1.65. The number of carbonyl (C=O) groups is 1. The van der Waals surface area contributed by atoms with E-state index < -0.39 is 29.0 Å². The van der Waals surface area contributed by atoms with Crippen LogP contribution in [0.4, 0.5) is 18.9 Å². The molecule has 0 fully saturated rings. The second kappa shape index (κ2) is 6.17. The maximum absolute atomic E-state index is 13.7. The van der Waals surface area contributed by atoms with Gasteiger partial charge >= 0.3 is 0 Å². The lowest BCUT2D eigenvalue weighted by atomic mass is 10.2. The van der Waals surface area contributed by atoms with Gasteiger partial charge in [0, 0.05) is 10.5 Å². The Labute approximate surface area is 126 Å². The smallest absolute Gasteiger partial charge is 0.258 e. The Morgan fingerprint density at radius 1 is 1.10 bits per heavy atom. The maximum Gasteiger partial charge on any atom is 0.258 e. The SMILES string of the molecule is COc1ccc(C(=O)Nc2c(F)cc(Br)cc2F)c(F)c1. The molecule has 1 N–H and O–H groups in total. The van der Waals surface area contributed by atoms with Crippen molar-refractivity contribution < 1.29 is 22.7 Å². The molecule has 0 atom stereocenters. The predicted molar refractivity (Wildman–Crippen MR) is 75.0 cm³/mol. The minimum Gasteiger partial charge on any atom is -0.497 e. The highest BCUT2D eigenvalue weighted by molar-refractivity contribution is 9.10. The molecule has 3 nitrogen and oxygen atoms in total. The molecule has 0 unspecified atom stereocenters. The first-order valence-electron chi connectivity index (χ1n) is 5.72. The molecule has 0 aliphatic rings. The standard InChI is InChI=1S/C14H9BrF3NO2/c1-21-8-2-3-9(10(16)6-8)14(20)19-13-11(17)4-7(15)5-12(13)18/h2-6H,1H3,(H,19,20). The third kappa shape index (κ3) is 3.36. The molecule has 0 spiro atoms. The van der Waals surface area contributed by atoms with Crippen LogP contribution in [0.15, 0.2) is 34.8 Å². The van der Waals surface area contributed by atoms with Crippen LogP contribution in [0, 0.1) is 17.5 Å². The van der Waals surface area contributed by atoms with Gasteiger partial charge in [0.05, 0.1) is 12.7 Å². The van der Waals surface area contributed by atoms with Gasteiger partial charge in [0.15, 0.2) is 11.6 Å². The molecule has 2 aromatic carbocycles. The van der Waals surface area contributed by atoms with Gasteiger partial charge in [-0.05, 0) is 24.3 Å². The van der Waals surface area contributed by atoms with Crippen LogP contribution in [0.5, 0.6) is 5.75 Å². The Bertz CT molecular complexity index is 684. The number of ether oxygens (including phenoxy) is 1. The van der Waals surface area contributed by atoms with Gasteiger partial charge in [-0.15, -0.1) is 0 Å². The molecule has 110 valence electrons. The molecule has 0 radical (unpaired) electrons. The molecule has 0 saturated carbocycles. The van der Waals surface area contributed by atoms with Gasteiger partial charge in [-0.1, -0.05) is 15.9 Å². The Morgan fingerprint density at radius 3 is 2.24 bits per heavy atom. The number of hydrogen-bond donors (Lipinski definition) is 1. The average Bonchev–Trinajstić information content (AvgIpc) is 2.42. The van der Waals surface area contributed by atoms with Crippen molar-refractivity contribution in [2.24, 2.45) is 0 Å². The van der Waals surface area contributed by atoms with Gasteiger partial charge in [0.2, 0.25) is 0 Å². The van der Waals surface area contributed by atoms with Crippen molar-refractivity contribution in [2.75, 3.05) is 12.4 Å². The first kappa shape index (κ1) is 15.4. The van der Waals surface area contributed by atoms with E-state index in [2.05, 4.69) is 15.9 Å². The van der Waals surface area contributed by atoms with Crippen molar-refractivity contribution in [1.82, 2.24) is 0 Å². The highest BCUT2D eigenvalue weighted by Crippen LogP contribution is 2.25. The third-order valence-electron chi connectivity index (χ3n) is 2.67. The second-order valence-electron chi connectivity index (χ2n) is 4.04. The van der Waals surface area contributed by atoms with Crippen LogP contribution in [0.1, 0.15) is 10.4 Å². The fraction of sp³-hybridized carbons (Fsp3) is 0.0714. The average molecular weight is 360 g/mol. The van der Waals surface area contributed by atoms with Crippen molar-refractivity contribution in [2.45, 2.75) is 0 Å². The summed E-state index contributed by atoms with van der Waals surface area (Å²) >= 11 is 2.92. The van der Waals surface area contributed by atoms with Crippen molar-refractivity contribution >= 4 is 27.5 Å². The van der Waals surface area contributed by atoms with E-state index >= 15 is 0 Å². The lowest BCUT2D eigenvalue weighted by molar-refractivity contribution is 0.102. The highest BCUT2D eigenvalue weighted by atomic mass is 79.9. The number of rotatable bonds is 3. The molecule has 0 saturated heterocycles. The lowest BCUT2D eigenvalue weighted by Gasteiger charge is -2.09. The van der Waals surface area contributed by atoms with Crippen LogP contribution >= 0.6 is 15.9 Å². The van der Waals surface area contributed by atoms with Crippen LogP contribution < -0.4 is 10.1 Å². The number of nitrogens with one attached hydrogen (secondary N) is 1. The topological polar surface area (TPSA) is 38.3 Å². The fourth-order valence-corrected chi connectivity index (χ4v) is 2.05. The van der Waals surface area contributed by atoms with E-state index in [0.29, 0.717) is 0 Å². The quantitative estimate of drug-likeness (QED) is 0.894. The summed E-state index contributed by atoms with van der Waals surface area (Å²) in [4.78, 5) is 11.9. The Hall–Kier alpha value is -2.02. The van der Waals surface area contributed by atoms with Crippen molar-refractivity contribution in [3.63, 3.8) is 0 Å². The Morgan fingerprint density at radius 2 is 1.71 bits per heavy atom. The minimum atomic E-state index is -0.968. The van der Waals surface area contributed by atoms with Crippen molar-refractivity contribution in [3.8, 4) is 5.75 Å². The van der Waals surface area contributed by atoms with E-state index in [9.17, 15) is 18.0 Å². The number of hydrogen-bond acceptors (Lipinski definition) is 2. The maximum atomic E-state index is 13.7. The van der Waals surface area contributed by atoms with Gasteiger partial charge in [-0.3, -0.25) is 4.79 Å². The number of anilines is 1. The van der Waals surface area contributed by atoms with E-state index in [1.807, 2.05) is 5.32 Å². The molecular weight excluding hydrogens is 351 g/mol. The van der Waals surface area contributed by atoms with Crippen LogP contribution in [0.2, 0.25) is 0 Å². The first-order chi connectivity index (χ1) is 9.92. The molecule has 0 aromatic heterocycles. The van der Waals surface area contributed by atoms with Gasteiger partial charge < -0.3 is 10.1 Å². The summed E-state index contributed by atoms with van der Waals surface area (Å²) in [5.41, 5.74) is -0.990. The van der Waals surface area contributed by atoms with Crippen molar-refractivity contribution in [1.29, 1.82) is 0 Å². The molecule has 0 heterocycles. The molecule has 1 amide bonds. The molecule has 7 heteroatoms. The molecule has 0 aliphatic heterocycles. The number of benzene rings is 2. The molecule has 2 aromatic rings. The first-order valence-corrected chi connectivity index (χ1v) is 6.51. The number of amides is 1. The third-order valence-corrected chi connectivity index (χ3v) is 3.12. The largest absolute Gasteiger partial charge is 0.497 e. The summed E-state index contributed by atoms with van der Waals surface area (Å²) in [5.74, 6) is -3.53. The van der Waals surface area contributed by atoms with Gasteiger partial charge in [0.25, 0.3) is 5.91 Å². The predicted octanol–water partition coefficient (Wildman–Crippen LogP) is 4.13. The van der Waals surface area contributed by atoms with Crippen molar-refractivity contribution in [3.05, 3.63) is 57.8 Å². The summed E-state index contributed by atoms with van der Waals surface area (Å²) < 4.78 is 45.9. The van der Waals surface area contributed by atoms with E-state index in [-0.39, 0.29) is 15.8 Å². The summed E-state index contributed by atoms with van der Waals surface area (Å²) in [7, 11) is 1.35. The molecule has 21 heavy (non-hydrogen) atoms. The van der Waals surface area contributed by atoms with Crippen LogP contribution in [0.3, 0.4) is 0 Å². The van der Waals surface area contributed by atoms with Gasteiger partial charge in [0.1, 0.15) is 17.3 Å². The second-order valence-corrected chi connectivity index (χ2v) is 4.96. The number of carbonyl (C=O) groups excluding carboxylic acids is 1. The zero-order chi connectivity index (χ0) is 15.6. The minimum absolute atomic E-state index is 0.186. The van der Waals surface area contributed by atoms with Gasteiger partial charge in [-0.25, -0.2) is 13.2 Å². The van der Waals surface area contributed by atoms with E-state index in [4.69, 9.17) is 4.74 Å². The Kier molecular flexibility index (Phi) is 4.52. The Balaban J connectivity index is 2.30. The summed E-state index contributed by atoms with van der Waals surface area (Å²) in [6.07, 6.45) is 0. The monoisotopic (exact) mass is 359 g/mol. The van der Waals surface area contributed by atoms with E-state index in [0.717, 1.165) is 24.3 Å². The zero-order valence-electron chi connectivity index (χ0n) is 10.7. The summed E-state index contributed by atoms with van der Waals surface area (Å²) in [6, 6.07) is 5.51. The van der Waals surface area contributed by atoms with Crippen LogP contribution in [0.25, 0.3) is 0 Å². The van der Waals surface area contributed by atoms with E-state index in [1.54, 1.807) is 0 Å². The van der Waals surface area contributed by atoms with E-state index in [1.165, 1.54) is 13.2 Å². The number of halogens is 4. The highest BCUT2D eigenvalue weighted by Gasteiger charge is 2.17. The van der Waals surface area contributed by atoms with Crippen LogP contribution in [-0.4, -0.2) is 13.0 Å². The lowest BCUT2D eigenvalue weighted by Crippen LogP contribution is -2.16. The number of methoxy groups -OCH3 is 1. The summed E-state index contributed by atoms with van der Waals surface area (Å²) in [5, 5.41) is 2.01. The zero-order valence-corrected chi connectivity index (χ0v) is 12.3. The van der Waals surface area contributed by atoms with Crippen LogP contribution in [-0.2, 0) is 0 Å². The molecule has 0 bridgehead atoms.